The smallest absolute Gasteiger partial charge is 0.322 e. The molecule has 0 aromatic rings. The van der Waals surface area contributed by atoms with E-state index in [1.165, 1.54) is 7.11 Å². The zero-order chi connectivity index (χ0) is 8.69. The van der Waals surface area contributed by atoms with Crippen LogP contribution in [-0.2, 0) is 14.3 Å². The molecule has 0 aliphatic rings. The molecular formula is C7H15NO3. The molecule has 66 valence electrons. The molecule has 0 amide bonds. The van der Waals surface area contributed by atoms with Crippen LogP contribution in [0.15, 0.2) is 0 Å². The molecule has 1 atom stereocenters. The number of rotatable bonds is 5. The van der Waals surface area contributed by atoms with Crippen LogP contribution in [0.4, 0.5) is 0 Å². The first-order valence-corrected chi connectivity index (χ1v) is 3.50. The van der Waals surface area contributed by atoms with Gasteiger partial charge in [0.15, 0.2) is 0 Å². The third-order valence-electron chi connectivity index (χ3n) is 1.44. The van der Waals surface area contributed by atoms with Crippen molar-refractivity contribution in [3.63, 3.8) is 0 Å². The van der Waals surface area contributed by atoms with Gasteiger partial charge in [0.2, 0.25) is 0 Å². The maximum atomic E-state index is 10.9. The van der Waals surface area contributed by atoms with Crippen molar-refractivity contribution in [3.8, 4) is 0 Å². The Morgan fingerprint density at radius 2 is 2.18 bits per heavy atom. The number of likely N-dealkylation sites (N-methyl/N-ethyl adjacent to an activating group) is 1. The number of esters is 1. The van der Waals surface area contributed by atoms with Crippen molar-refractivity contribution >= 4 is 5.97 Å². The monoisotopic (exact) mass is 161 g/mol. The molecule has 0 spiro atoms. The fourth-order valence-corrected chi connectivity index (χ4v) is 0.758. The van der Waals surface area contributed by atoms with Crippen LogP contribution < -0.4 is 5.32 Å². The minimum Gasteiger partial charge on any atom is -0.468 e. The van der Waals surface area contributed by atoms with E-state index in [2.05, 4.69) is 10.1 Å². The lowest BCUT2D eigenvalue weighted by atomic mass is 10.2. The van der Waals surface area contributed by atoms with Gasteiger partial charge in [-0.25, -0.2) is 0 Å². The molecule has 0 radical (unpaired) electrons. The summed E-state index contributed by atoms with van der Waals surface area (Å²) in [4.78, 5) is 10.9. The highest BCUT2D eigenvalue weighted by atomic mass is 16.5. The summed E-state index contributed by atoms with van der Waals surface area (Å²) in [5, 5.41) is 2.83. The first-order valence-electron chi connectivity index (χ1n) is 3.50. The number of hydrogen-bond acceptors (Lipinski definition) is 4. The largest absolute Gasteiger partial charge is 0.468 e. The summed E-state index contributed by atoms with van der Waals surface area (Å²) in [5.74, 6) is -0.246. The summed E-state index contributed by atoms with van der Waals surface area (Å²) < 4.78 is 9.36. The lowest BCUT2D eigenvalue weighted by molar-refractivity contribution is -0.143. The Labute approximate surface area is 66.9 Å². The molecule has 0 saturated carbocycles. The minimum absolute atomic E-state index is 0.246. The first-order chi connectivity index (χ1) is 5.26. The van der Waals surface area contributed by atoms with Crippen LogP contribution in [0.25, 0.3) is 0 Å². The second kappa shape index (κ2) is 6.12. The van der Waals surface area contributed by atoms with Crippen LogP contribution in [-0.4, -0.2) is 39.9 Å². The van der Waals surface area contributed by atoms with E-state index < -0.39 is 0 Å². The zero-order valence-electron chi connectivity index (χ0n) is 7.22. The Balaban J connectivity index is 3.65. The molecule has 0 saturated heterocycles. The van der Waals surface area contributed by atoms with E-state index in [4.69, 9.17) is 4.74 Å². The van der Waals surface area contributed by atoms with Gasteiger partial charge < -0.3 is 14.8 Å². The Bertz CT molecular complexity index is 116. The minimum atomic E-state index is -0.250. The van der Waals surface area contributed by atoms with E-state index in [1.54, 1.807) is 14.2 Å². The highest BCUT2D eigenvalue weighted by Gasteiger charge is 2.15. The lowest BCUT2D eigenvalue weighted by Gasteiger charge is -2.11. The normalized spacial score (nSPS) is 12.6. The van der Waals surface area contributed by atoms with Crippen LogP contribution in [0.3, 0.4) is 0 Å². The number of carbonyl (C=O) groups is 1. The third-order valence-corrected chi connectivity index (χ3v) is 1.44. The summed E-state index contributed by atoms with van der Waals surface area (Å²) >= 11 is 0. The van der Waals surface area contributed by atoms with Crippen molar-refractivity contribution in [1.82, 2.24) is 5.32 Å². The Hall–Kier alpha value is -0.610. The molecule has 4 heteroatoms. The predicted octanol–water partition coefficient (Wildman–Crippen LogP) is -0.216. The molecule has 0 fully saturated rings. The molecule has 0 unspecified atom stereocenters. The average Bonchev–Trinajstić information content (AvgIpc) is 2.05. The van der Waals surface area contributed by atoms with E-state index in [-0.39, 0.29) is 12.0 Å². The first kappa shape index (κ1) is 10.4. The fourth-order valence-electron chi connectivity index (χ4n) is 0.758. The van der Waals surface area contributed by atoms with Gasteiger partial charge in [0, 0.05) is 13.7 Å². The van der Waals surface area contributed by atoms with Gasteiger partial charge in [0.25, 0.3) is 0 Å². The molecule has 1 N–H and O–H groups in total. The Kier molecular flexibility index (Phi) is 5.78. The van der Waals surface area contributed by atoms with Gasteiger partial charge in [-0.3, -0.25) is 4.79 Å². The van der Waals surface area contributed by atoms with Crippen LogP contribution >= 0.6 is 0 Å². The molecule has 0 rings (SSSR count). The third kappa shape index (κ3) is 3.95. The van der Waals surface area contributed by atoms with Gasteiger partial charge in [0.1, 0.15) is 6.04 Å². The highest BCUT2D eigenvalue weighted by molar-refractivity contribution is 5.75. The van der Waals surface area contributed by atoms with E-state index in [1.807, 2.05) is 0 Å². The number of carbonyl (C=O) groups excluding carboxylic acids is 1. The standard InChI is InChI=1S/C7H15NO3/c1-8-6(4-5-10-2)7(9)11-3/h6,8H,4-5H2,1-3H3/t6-/m0/s1. The van der Waals surface area contributed by atoms with E-state index >= 15 is 0 Å². The molecule has 0 bridgehead atoms. The molecule has 0 aliphatic carbocycles. The summed E-state index contributed by atoms with van der Waals surface area (Å²) in [6.45, 7) is 0.556. The molecule has 0 heterocycles. The van der Waals surface area contributed by atoms with Crippen LogP contribution in [0.2, 0.25) is 0 Å². The summed E-state index contributed by atoms with van der Waals surface area (Å²) in [7, 11) is 4.70. The van der Waals surface area contributed by atoms with E-state index in [9.17, 15) is 4.79 Å². The van der Waals surface area contributed by atoms with Crippen LogP contribution in [0.1, 0.15) is 6.42 Å². The van der Waals surface area contributed by atoms with Gasteiger partial charge in [0.05, 0.1) is 7.11 Å². The van der Waals surface area contributed by atoms with Crippen molar-refractivity contribution in [2.75, 3.05) is 27.9 Å². The quantitative estimate of drug-likeness (QED) is 0.566. The van der Waals surface area contributed by atoms with Gasteiger partial charge >= 0.3 is 5.97 Å². The SMILES string of the molecule is CN[C@@H](CCOC)C(=O)OC. The molecule has 0 aliphatic heterocycles. The predicted molar refractivity (Wildman–Crippen MR) is 41.4 cm³/mol. The Morgan fingerprint density at radius 3 is 2.55 bits per heavy atom. The fraction of sp³-hybridized carbons (Fsp3) is 0.857. The molecule has 0 aromatic heterocycles. The van der Waals surface area contributed by atoms with Crippen molar-refractivity contribution in [3.05, 3.63) is 0 Å². The lowest BCUT2D eigenvalue weighted by Crippen LogP contribution is -2.35. The molecular weight excluding hydrogens is 146 g/mol. The second-order valence-electron chi connectivity index (χ2n) is 2.15. The second-order valence-corrected chi connectivity index (χ2v) is 2.15. The van der Waals surface area contributed by atoms with E-state index in [0.29, 0.717) is 13.0 Å². The highest BCUT2D eigenvalue weighted by Crippen LogP contribution is 1.93. The topological polar surface area (TPSA) is 47.6 Å². The summed E-state index contributed by atoms with van der Waals surface area (Å²) in [6.07, 6.45) is 0.639. The number of methoxy groups -OCH3 is 2. The zero-order valence-corrected chi connectivity index (χ0v) is 7.22. The van der Waals surface area contributed by atoms with E-state index in [0.717, 1.165) is 0 Å². The maximum absolute atomic E-state index is 10.9. The van der Waals surface area contributed by atoms with Gasteiger partial charge in [-0.1, -0.05) is 0 Å². The number of nitrogens with one attached hydrogen (secondary N) is 1. The van der Waals surface area contributed by atoms with Crippen molar-refractivity contribution < 1.29 is 14.3 Å². The summed E-state index contributed by atoms with van der Waals surface area (Å²) in [5.41, 5.74) is 0. The Morgan fingerprint density at radius 1 is 1.55 bits per heavy atom. The van der Waals surface area contributed by atoms with Crippen molar-refractivity contribution in [1.29, 1.82) is 0 Å². The molecule has 0 aromatic carbocycles. The van der Waals surface area contributed by atoms with Gasteiger partial charge in [-0.15, -0.1) is 0 Å². The number of ether oxygens (including phenoxy) is 2. The summed E-state index contributed by atoms with van der Waals surface area (Å²) in [6, 6.07) is -0.250. The van der Waals surface area contributed by atoms with Crippen LogP contribution in [0, 0.1) is 0 Å². The van der Waals surface area contributed by atoms with Crippen molar-refractivity contribution in [2.45, 2.75) is 12.5 Å². The average molecular weight is 161 g/mol. The maximum Gasteiger partial charge on any atom is 0.322 e. The molecule has 11 heavy (non-hydrogen) atoms. The van der Waals surface area contributed by atoms with Crippen LogP contribution in [0.5, 0.6) is 0 Å². The number of hydrogen-bond donors (Lipinski definition) is 1. The van der Waals surface area contributed by atoms with Gasteiger partial charge in [-0.05, 0) is 13.5 Å². The molecule has 4 nitrogen and oxygen atoms in total. The van der Waals surface area contributed by atoms with Gasteiger partial charge in [-0.2, -0.15) is 0 Å². The van der Waals surface area contributed by atoms with Crippen molar-refractivity contribution in [2.24, 2.45) is 0 Å².